The normalized spacial score (nSPS) is 19.4. The number of carbonyl (C=O) groups excluding carboxylic acids is 1. The minimum Gasteiger partial charge on any atom is -0.368 e. The molecule has 2 rings (SSSR count). The standard InChI is InChI=1S/C16H25N3O2/c1-2-3-4-5-6-16(20)21-19-12-11-18-15(13-19)14-7-9-17-10-8-14/h7-10,15,18H,2-6,11-13H2,1H3. The van der Waals surface area contributed by atoms with Crippen LogP contribution in [0.4, 0.5) is 0 Å². The van der Waals surface area contributed by atoms with Crippen molar-refractivity contribution in [3.63, 3.8) is 0 Å². The number of pyridine rings is 1. The highest BCUT2D eigenvalue weighted by Crippen LogP contribution is 2.17. The predicted octanol–water partition coefficient (Wildman–Crippen LogP) is 2.46. The van der Waals surface area contributed by atoms with Gasteiger partial charge in [-0.25, -0.2) is 0 Å². The zero-order chi connectivity index (χ0) is 14.9. The van der Waals surface area contributed by atoms with Crippen molar-refractivity contribution in [2.75, 3.05) is 19.6 Å². The van der Waals surface area contributed by atoms with Gasteiger partial charge in [0.2, 0.25) is 0 Å². The van der Waals surface area contributed by atoms with Crippen molar-refractivity contribution in [3.05, 3.63) is 30.1 Å². The molecule has 5 heteroatoms. The summed E-state index contributed by atoms with van der Waals surface area (Å²) in [5.74, 6) is -0.110. The minimum atomic E-state index is -0.110. The number of nitrogens with zero attached hydrogens (tertiary/aromatic N) is 2. The molecule has 1 aliphatic heterocycles. The molecule has 0 bridgehead atoms. The third-order valence-corrected chi connectivity index (χ3v) is 3.71. The number of hydroxylamine groups is 2. The number of unbranched alkanes of at least 4 members (excludes halogenated alkanes) is 3. The van der Waals surface area contributed by atoms with E-state index in [1.54, 1.807) is 17.5 Å². The topological polar surface area (TPSA) is 54.5 Å². The van der Waals surface area contributed by atoms with Crippen LogP contribution in [0.15, 0.2) is 24.5 Å². The molecule has 1 atom stereocenters. The smallest absolute Gasteiger partial charge is 0.325 e. The first-order chi connectivity index (χ1) is 10.3. The van der Waals surface area contributed by atoms with Gasteiger partial charge in [0.25, 0.3) is 0 Å². The van der Waals surface area contributed by atoms with Crippen molar-refractivity contribution < 1.29 is 9.63 Å². The van der Waals surface area contributed by atoms with Crippen molar-refractivity contribution in [2.24, 2.45) is 0 Å². The number of hydrogen-bond donors (Lipinski definition) is 1. The van der Waals surface area contributed by atoms with Crippen LogP contribution in [-0.4, -0.2) is 35.7 Å². The van der Waals surface area contributed by atoms with Gasteiger partial charge in [0, 0.05) is 37.9 Å². The fourth-order valence-electron chi connectivity index (χ4n) is 2.51. The molecule has 116 valence electrons. The van der Waals surface area contributed by atoms with E-state index in [0.29, 0.717) is 13.0 Å². The summed E-state index contributed by atoms with van der Waals surface area (Å²) in [6, 6.07) is 4.18. The molecule has 1 aromatic rings. The largest absolute Gasteiger partial charge is 0.368 e. The molecule has 1 unspecified atom stereocenters. The molecule has 1 saturated heterocycles. The molecule has 1 aliphatic rings. The van der Waals surface area contributed by atoms with E-state index < -0.39 is 0 Å². The highest BCUT2D eigenvalue weighted by Gasteiger charge is 2.23. The second-order valence-corrected chi connectivity index (χ2v) is 5.45. The van der Waals surface area contributed by atoms with E-state index in [-0.39, 0.29) is 12.0 Å². The molecule has 0 aliphatic carbocycles. The van der Waals surface area contributed by atoms with Crippen LogP contribution in [0.5, 0.6) is 0 Å². The van der Waals surface area contributed by atoms with Crippen LogP contribution in [0.2, 0.25) is 0 Å². The summed E-state index contributed by atoms with van der Waals surface area (Å²) in [6.07, 6.45) is 8.49. The Balaban J connectivity index is 1.75. The Bertz CT molecular complexity index is 425. The van der Waals surface area contributed by atoms with Crippen LogP contribution in [0.1, 0.15) is 50.6 Å². The molecule has 21 heavy (non-hydrogen) atoms. The second-order valence-electron chi connectivity index (χ2n) is 5.45. The molecule has 0 aromatic carbocycles. The van der Waals surface area contributed by atoms with Gasteiger partial charge in [-0.1, -0.05) is 26.2 Å². The molecule has 1 aromatic heterocycles. The van der Waals surface area contributed by atoms with Crippen molar-refractivity contribution in [1.29, 1.82) is 0 Å². The van der Waals surface area contributed by atoms with Crippen LogP contribution in [0.25, 0.3) is 0 Å². The van der Waals surface area contributed by atoms with Crippen LogP contribution < -0.4 is 5.32 Å². The number of carbonyl (C=O) groups is 1. The SMILES string of the molecule is CCCCCCC(=O)ON1CCNC(c2ccncc2)C1. The van der Waals surface area contributed by atoms with Gasteiger partial charge in [-0.05, 0) is 24.1 Å². The Hall–Kier alpha value is -1.46. The number of piperazine rings is 1. The summed E-state index contributed by atoms with van der Waals surface area (Å²) in [5, 5.41) is 5.22. The summed E-state index contributed by atoms with van der Waals surface area (Å²) in [4.78, 5) is 21.3. The molecule has 0 saturated carbocycles. The first-order valence-corrected chi connectivity index (χ1v) is 7.88. The zero-order valence-corrected chi connectivity index (χ0v) is 12.8. The van der Waals surface area contributed by atoms with Crippen molar-refractivity contribution in [1.82, 2.24) is 15.4 Å². The van der Waals surface area contributed by atoms with Crippen molar-refractivity contribution in [2.45, 2.75) is 45.1 Å². The van der Waals surface area contributed by atoms with Crippen molar-refractivity contribution >= 4 is 5.97 Å². The molecule has 1 fully saturated rings. The second kappa shape index (κ2) is 8.74. The maximum Gasteiger partial charge on any atom is 0.325 e. The van der Waals surface area contributed by atoms with Gasteiger partial charge in [-0.3, -0.25) is 9.78 Å². The molecule has 1 N–H and O–H groups in total. The van der Waals surface area contributed by atoms with E-state index in [1.807, 2.05) is 12.1 Å². The van der Waals surface area contributed by atoms with E-state index in [9.17, 15) is 4.79 Å². The molecule has 0 radical (unpaired) electrons. The lowest BCUT2D eigenvalue weighted by Crippen LogP contribution is -2.46. The predicted molar refractivity (Wildman–Crippen MR) is 81.4 cm³/mol. The molecule has 0 spiro atoms. The van der Waals surface area contributed by atoms with Gasteiger partial charge in [-0.2, -0.15) is 0 Å². The minimum absolute atomic E-state index is 0.110. The average Bonchev–Trinajstić information content (AvgIpc) is 2.53. The quantitative estimate of drug-likeness (QED) is 0.782. The fraction of sp³-hybridized carbons (Fsp3) is 0.625. The molecule has 2 heterocycles. The Morgan fingerprint density at radius 3 is 2.95 bits per heavy atom. The summed E-state index contributed by atoms with van der Waals surface area (Å²) in [7, 11) is 0. The molecular formula is C16H25N3O2. The summed E-state index contributed by atoms with van der Waals surface area (Å²) >= 11 is 0. The van der Waals surface area contributed by atoms with E-state index in [4.69, 9.17) is 4.84 Å². The van der Waals surface area contributed by atoms with Crippen LogP contribution in [0.3, 0.4) is 0 Å². The third kappa shape index (κ3) is 5.44. The van der Waals surface area contributed by atoms with Crippen molar-refractivity contribution in [3.8, 4) is 0 Å². The highest BCUT2D eigenvalue weighted by atomic mass is 16.7. The lowest BCUT2D eigenvalue weighted by atomic mass is 10.1. The van der Waals surface area contributed by atoms with Gasteiger partial charge >= 0.3 is 5.97 Å². The maximum atomic E-state index is 11.8. The fourth-order valence-corrected chi connectivity index (χ4v) is 2.51. The maximum absolute atomic E-state index is 11.8. The average molecular weight is 291 g/mol. The van der Waals surface area contributed by atoms with Crippen LogP contribution >= 0.6 is 0 Å². The van der Waals surface area contributed by atoms with Crippen LogP contribution in [-0.2, 0) is 9.63 Å². The van der Waals surface area contributed by atoms with Gasteiger partial charge in [0.15, 0.2) is 0 Å². The molecule has 5 nitrogen and oxygen atoms in total. The Morgan fingerprint density at radius 2 is 2.19 bits per heavy atom. The lowest BCUT2D eigenvalue weighted by molar-refractivity contribution is -0.195. The summed E-state index contributed by atoms with van der Waals surface area (Å²) < 4.78 is 0. The first-order valence-electron chi connectivity index (χ1n) is 7.88. The monoisotopic (exact) mass is 291 g/mol. The van der Waals surface area contributed by atoms with E-state index in [2.05, 4.69) is 17.2 Å². The molecular weight excluding hydrogens is 266 g/mol. The van der Waals surface area contributed by atoms with E-state index in [0.717, 1.165) is 25.9 Å². The third-order valence-electron chi connectivity index (χ3n) is 3.71. The Labute approximate surface area is 126 Å². The summed E-state index contributed by atoms with van der Waals surface area (Å²) in [5.41, 5.74) is 1.17. The number of rotatable bonds is 7. The highest BCUT2D eigenvalue weighted by molar-refractivity contribution is 5.68. The van der Waals surface area contributed by atoms with Crippen LogP contribution in [0, 0.1) is 0 Å². The Kier molecular flexibility index (Phi) is 6.63. The van der Waals surface area contributed by atoms with Gasteiger partial charge in [0.05, 0.1) is 6.54 Å². The first kappa shape index (κ1) is 15.9. The summed E-state index contributed by atoms with van der Waals surface area (Å²) in [6.45, 7) is 4.40. The van der Waals surface area contributed by atoms with E-state index >= 15 is 0 Å². The van der Waals surface area contributed by atoms with E-state index in [1.165, 1.54) is 18.4 Å². The molecule has 0 amide bonds. The Morgan fingerprint density at radius 1 is 1.38 bits per heavy atom. The zero-order valence-electron chi connectivity index (χ0n) is 12.8. The van der Waals surface area contributed by atoms with Gasteiger partial charge in [0.1, 0.15) is 0 Å². The number of nitrogens with one attached hydrogen (secondary N) is 1. The van der Waals surface area contributed by atoms with Gasteiger partial charge in [-0.15, -0.1) is 5.06 Å². The number of aromatic nitrogens is 1. The van der Waals surface area contributed by atoms with Gasteiger partial charge < -0.3 is 10.2 Å². The lowest BCUT2D eigenvalue weighted by Gasteiger charge is -2.32. The number of hydrogen-bond acceptors (Lipinski definition) is 5.